The van der Waals surface area contributed by atoms with E-state index in [4.69, 9.17) is 0 Å². The predicted octanol–water partition coefficient (Wildman–Crippen LogP) is 5.63. The number of hydrogen-bond acceptors (Lipinski definition) is 0. The minimum absolute atomic E-state index is 0.589. The zero-order chi connectivity index (χ0) is 13.1. The average molecular weight is 240 g/mol. The number of hydrogen-bond donors (Lipinski definition) is 0. The van der Waals surface area contributed by atoms with Gasteiger partial charge in [-0.3, -0.25) is 0 Å². The summed E-state index contributed by atoms with van der Waals surface area (Å²) in [4.78, 5) is 0. The first kappa shape index (κ1) is 13.1. The Morgan fingerprint density at radius 2 is 2.00 bits per heavy atom. The molecule has 0 bridgehead atoms. The van der Waals surface area contributed by atoms with Gasteiger partial charge in [0.05, 0.1) is 0 Å². The van der Waals surface area contributed by atoms with E-state index in [9.17, 15) is 0 Å². The third kappa shape index (κ3) is 3.60. The lowest BCUT2D eigenvalue weighted by atomic mass is 9.94. The molecule has 0 heteroatoms. The summed E-state index contributed by atoms with van der Waals surface area (Å²) in [5, 5.41) is 0. The molecule has 1 saturated carbocycles. The van der Waals surface area contributed by atoms with Crippen molar-refractivity contribution in [1.29, 1.82) is 0 Å². The Bertz CT molecular complexity index is 481. The summed E-state index contributed by atoms with van der Waals surface area (Å²) in [6.07, 6.45) is 8.53. The van der Waals surface area contributed by atoms with E-state index in [2.05, 4.69) is 58.0 Å². The fourth-order valence-corrected chi connectivity index (χ4v) is 2.25. The van der Waals surface area contributed by atoms with Gasteiger partial charge in [-0.15, -0.1) is 0 Å². The Hall–Kier alpha value is -1.30. The standard InChI is InChI=1S/C18H24/c1-13(2)18-10-6-15(4)12-17(18)11-14(3)5-7-16-8-9-16/h6-7,10-13H,5,8-9H2,1-4H3. The molecule has 1 fully saturated rings. The van der Waals surface area contributed by atoms with Crippen LogP contribution in [0.4, 0.5) is 0 Å². The van der Waals surface area contributed by atoms with Crippen LogP contribution in [0.5, 0.6) is 0 Å². The molecule has 0 spiro atoms. The monoisotopic (exact) mass is 240 g/mol. The van der Waals surface area contributed by atoms with Gasteiger partial charge in [0.15, 0.2) is 0 Å². The van der Waals surface area contributed by atoms with Crippen LogP contribution in [-0.2, 0) is 0 Å². The predicted molar refractivity (Wildman–Crippen MR) is 80.9 cm³/mol. The molecule has 1 aliphatic carbocycles. The van der Waals surface area contributed by atoms with Crippen LogP contribution in [0.1, 0.15) is 62.6 Å². The van der Waals surface area contributed by atoms with Gasteiger partial charge in [-0.25, -0.2) is 0 Å². The third-order valence-electron chi connectivity index (χ3n) is 3.52. The van der Waals surface area contributed by atoms with Crippen LogP contribution in [0.2, 0.25) is 0 Å². The maximum Gasteiger partial charge on any atom is -0.0136 e. The van der Waals surface area contributed by atoms with Crippen molar-refractivity contribution in [2.75, 3.05) is 0 Å². The quantitative estimate of drug-likeness (QED) is 0.598. The fraction of sp³-hybridized carbons (Fsp3) is 0.444. The van der Waals surface area contributed by atoms with Gasteiger partial charge in [-0.05, 0) is 50.2 Å². The molecular formula is C18H24. The zero-order valence-electron chi connectivity index (χ0n) is 12.1. The third-order valence-corrected chi connectivity index (χ3v) is 3.52. The van der Waals surface area contributed by atoms with E-state index in [-0.39, 0.29) is 0 Å². The number of allylic oxidation sites excluding steroid dienone is 3. The second-order valence-electron chi connectivity index (χ2n) is 5.84. The Labute approximate surface area is 111 Å². The second kappa shape index (κ2) is 5.56. The number of aryl methyl sites for hydroxylation is 1. The van der Waals surface area contributed by atoms with Gasteiger partial charge in [0.25, 0.3) is 0 Å². The van der Waals surface area contributed by atoms with Gasteiger partial charge in [-0.2, -0.15) is 0 Å². The molecule has 0 heterocycles. The smallest absolute Gasteiger partial charge is 0.0136 e. The molecule has 2 rings (SSSR count). The lowest BCUT2D eigenvalue weighted by Crippen LogP contribution is -1.93. The second-order valence-corrected chi connectivity index (χ2v) is 5.84. The summed E-state index contributed by atoms with van der Waals surface area (Å²) < 4.78 is 0. The summed E-state index contributed by atoms with van der Waals surface area (Å²) >= 11 is 0. The molecule has 0 saturated heterocycles. The van der Waals surface area contributed by atoms with Gasteiger partial charge < -0.3 is 0 Å². The van der Waals surface area contributed by atoms with Gasteiger partial charge in [0.1, 0.15) is 0 Å². The first-order chi connectivity index (χ1) is 8.56. The normalized spacial score (nSPS) is 15.2. The highest BCUT2D eigenvalue weighted by molar-refractivity contribution is 5.58. The Balaban J connectivity index is 2.22. The van der Waals surface area contributed by atoms with Crippen molar-refractivity contribution in [3.63, 3.8) is 0 Å². The van der Waals surface area contributed by atoms with Crippen molar-refractivity contribution in [3.05, 3.63) is 52.1 Å². The van der Waals surface area contributed by atoms with E-state index in [1.165, 1.54) is 35.1 Å². The molecule has 1 aliphatic rings. The summed E-state index contributed by atoms with van der Waals surface area (Å²) in [5.74, 6) is 0.589. The van der Waals surface area contributed by atoms with Gasteiger partial charge in [-0.1, -0.05) is 60.9 Å². The average Bonchev–Trinajstić information content (AvgIpc) is 3.09. The van der Waals surface area contributed by atoms with E-state index in [1.807, 2.05) is 0 Å². The molecule has 0 aliphatic heterocycles. The maximum atomic E-state index is 2.40. The van der Waals surface area contributed by atoms with Crippen LogP contribution in [0.15, 0.2) is 35.4 Å². The lowest BCUT2D eigenvalue weighted by Gasteiger charge is -2.11. The van der Waals surface area contributed by atoms with E-state index < -0.39 is 0 Å². The van der Waals surface area contributed by atoms with Crippen molar-refractivity contribution in [2.45, 2.75) is 52.9 Å². The van der Waals surface area contributed by atoms with Crippen LogP contribution in [0, 0.1) is 6.92 Å². The van der Waals surface area contributed by atoms with Crippen molar-refractivity contribution < 1.29 is 0 Å². The first-order valence-electron chi connectivity index (χ1n) is 7.02. The van der Waals surface area contributed by atoms with Crippen LogP contribution < -0.4 is 0 Å². The van der Waals surface area contributed by atoms with E-state index in [0.29, 0.717) is 5.92 Å². The zero-order valence-corrected chi connectivity index (χ0v) is 12.1. The molecule has 0 nitrogen and oxygen atoms in total. The summed E-state index contributed by atoms with van der Waals surface area (Å²) in [5.41, 5.74) is 7.30. The highest BCUT2D eigenvalue weighted by Gasteiger charge is 2.09. The summed E-state index contributed by atoms with van der Waals surface area (Å²) in [7, 11) is 0. The maximum absolute atomic E-state index is 2.40. The summed E-state index contributed by atoms with van der Waals surface area (Å²) in [6, 6.07) is 6.80. The molecule has 18 heavy (non-hydrogen) atoms. The number of benzene rings is 1. The van der Waals surface area contributed by atoms with Crippen molar-refractivity contribution >= 4 is 6.08 Å². The molecule has 0 atom stereocenters. The summed E-state index contributed by atoms with van der Waals surface area (Å²) in [6.45, 7) is 8.95. The molecule has 0 amide bonds. The van der Waals surface area contributed by atoms with Gasteiger partial charge in [0, 0.05) is 0 Å². The minimum atomic E-state index is 0.589. The van der Waals surface area contributed by atoms with Crippen molar-refractivity contribution in [2.24, 2.45) is 0 Å². The van der Waals surface area contributed by atoms with E-state index >= 15 is 0 Å². The van der Waals surface area contributed by atoms with Crippen molar-refractivity contribution in [1.82, 2.24) is 0 Å². The molecule has 1 aromatic carbocycles. The topological polar surface area (TPSA) is 0 Å². The largest absolute Gasteiger partial charge is 0.0812 e. The molecule has 0 N–H and O–H groups in total. The molecular weight excluding hydrogens is 216 g/mol. The lowest BCUT2D eigenvalue weighted by molar-refractivity contribution is 0.863. The Morgan fingerprint density at radius 1 is 1.28 bits per heavy atom. The van der Waals surface area contributed by atoms with E-state index in [0.717, 1.165) is 6.42 Å². The van der Waals surface area contributed by atoms with Gasteiger partial charge >= 0.3 is 0 Å². The van der Waals surface area contributed by atoms with Crippen LogP contribution in [-0.4, -0.2) is 0 Å². The van der Waals surface area contributed by atoms with Crippen LogP contribution in [0.3, 0.4) is 0 Å². The Morgan fingerprint density at radius 3 is 2.61 bits per heavy atom. The van der Waals surface area contributed by atoms with Crippen molar-refractivity contribution in [3.8, 4) is 0 Å². The molecule has 0 unspecified atom stereocenters. The fourth-order valence-electron chi connectivity index (χ4n) is 2.25. The highest BCUT2D eigenvalue weighted by Crippen LogP contribution is 2.29. The van der Waals surface area contributed by atoms with Crippen LogP contribution in [0.25, 0.3) is 6.08 Å². The molecule has 0 radical (unpaired) electrons. The Kier molecular flexibility index (Phi) is 4.06. The van der Waals surface area contributed by atoms with Crippen LogP contribution >= 0.6 is 0 Å². The van der Waals surface area contributed by atoms with E-state index in [1.54, 1.807) is 5.57 Å². The molecule has 0 aromatic heterocycles. The SMILES string of the molecule is CC(=Cc1cc(C)ccc1C(C)C)CC=C1CC1. The highest BCUT2D eigenvalue weighted by atomic mass is 14.2. The molecule has 1 aromatic rings. The molecule has 96 valence electrons. The minimum Gasteiger partial charge on any atom is -0.0812 e. The number of rotatable bonds is 4. The first-order valence-corrected chi connectivity index (χ1v) is 7.02. The van der Waals surface area contributed by atoms with Gasteiger partial charge in [0.2, 0.25) is 0 Å².